The summed E-state index contributed by atoms with van der Waals surface area (Å²) in [4.78, 5) is 15.0. The van der Waals surface area contributed by atoms with Gasteiger partial charge in [-0.2, -0.15) is 0 Å². The number of likely N-dealkylation sites (tertiary alicyclic amines) is 1. The number of nitrogens with one attached hydrogen (secondary N) is 1. The summed E-state index contributed by atoms with van der Waals surface area (Å²) in [6, 6.07) is 10.6. The highest BCUT2D eigenvalue weighted by molar-refractivity contribution is 5.82. The molecule has 0 saturated carbocycles. The molecule has 0 bridgehead atoms. The van der Waals surface area contributed by atoms with E-state index in [1.165, 1.54) is 12.0 Å². The molecular weight excluding hydrogens is 284 g/mol. The quantitative estimate of drug-likeness (QED) is 0.835. The molecule has 0 spiro atoms. The van der Waals surface area contributed by atoms with Crippen molar-refractivity contribution in [2.45, 2.75) is 46.0 Å². The third kappa shape index (κ3) is 5.35. The van der Waals surface area contributed by atoms with Crippen molar-refractivity contribution in [1.29, 1.82) is 0 Å². The summed E-state index contributed by atoms with van der Waals surface area (Å²) >= 11 is 0. The highest BCUT2D eigenvalue weighted by atomic mass is 16.2. The van der Waals surface area contributed by atoms with E-state index < -0.39 is 0 Å². The van der Waals surface area contributed by atoms with Crippen molar-refractivity contribution in [1.82, 2.24) is 10.2 Å². The van der Waals surface area contributed by atoms with E-state index in [1.54, 1.807) is 0 Å². The summed E-state index contributed by atoms with van der Waals surface area (Å²) < 4.78 is 0. The van der Waals surface area contributed by atoms with Crippen molar-refractivity contribution >= 4 is 5.91 Å². The normalized spacial score (nSPS) is 18.9. The predicted molar refractivity (Wildman–Crippen MR) is 96.4 cm³/mol. The van der Waals surface area contributed by atoms with Gasteiger partial charge in [-0.1, -0.05) is 44.2 Å². The number of nitrogens with zero attached hydrogens (tertiary/aromatic N) is 1. The number of hydrogen-bond donors (Lipinski definition) is 1. The van der Waals surface area contributed by atoms with Crippen LogP contribution < -0.4 is 5.32 Å². The molecular formula is C20H32N2O. The summed E-state index contributed by atoms with van der Waals surface area (Å²) in [5, 5.41) is 3.25. The molecule has 23 heavy (non-hydrogen) atoms. The van der Waals surface area contributed by atoms with Gasteiger partial charge < -0.3 is 10.2 Å². The number of piperidine rings is 1. The van der Waals surface area contributed by atoms with Crippen LogP contribution in [-0.2, 0) is 11.2 Å². The monoisotopic (exact) mass is 316 g/mol. The number of rotatable bonds is 7. The third-order valence-corrected chi connectivity index (χ3v) is 4.99. The van der Waals surface area contributed by atoms with E-state index in [4.69, 9.17) is 0 Å². The number of carbonyl (C=O) groups excluding carboxylic acids is 1. The molecule has 0 aliphatic carbocycles. The van der Waals surface area contributed by atoms with E-state index in [9.17, 15) is 4.79 Å². The molecule has 1 aromatic carbocycles. The predicted octanol–water partition coefficient (Wildman–Crippen LogP) is 3.49. The summed E-state index contributed by atoms with van der Waals surface area (Å²) in [5.74, 6) is 0.948. The SMILES string of the molecule is CNCC1CCCN(C(=O)C(C)(C)CCCc2ccccc2)C1. The second-order valence-electron chi connectivity index (χ2n) is 7.54. The fraction of sp³-hybridized carbons (Fsp3) is 0.650. The van der Waals surface area contributed by atoms with Gasteiger partial charge in [-0.05, 0) is 57.2 Å². The van der Waals surface area contributed by atoms with E-state index in [0.29, 0.717) is 11.8 Å². The van der Waals surface area contributed by atoms with E-state index in [0.717, 1.165) is 45.3 Å². The molecule has 1 amide bonds. The zero-order valence-electron chi connectivity index (χ0n) is 15.0. The van der Waals surface area contributed by atoms with Crippen LogP contribution in [0.15, 0.2) is 30.3 Å². The first-order valence-corrected chi connectivity index (χ1v) is 9.01. The van der Waals surface area contributed by atoms with Crippen LogP contribution in [0.3, 0.4) is 0 Å². The van der Waals surface area contributed by atoms with Gasteiger partial charge in [0.2, 0.25) is 5.91 Å². The van der Waals surface area contributed by atoms with Gasteiger partial charge in [0.15, 0.2) is 0 Å². The fourth-order valence-electron chi connectivity index (χ4n) is 3.62. The van der Waals surface area contributed by atoms with Crippen molar-refractivity contribution in [2.24, 2.45) is 11.3 Å². The third-order valence-electron chi connectivity index (χ3n) is 4.99. The van der Waals surface area contributed by atoms with Gasteiger partial charge in [-0.15, -0.1) is 0 Å². The molecule has 1 atom stereocenters. The number of amides is 1. The molecule has 1 aromatic rings. The molecule has 2 rings (SSSR count). The Morgan fingerprint density at radius 1 is 1.30 bits per heavy atom. The smallest absolute Gasteiger partial charge is 0.228 e. The van der Waals surface area contributed by atoms with Gasteiger partial charge in [0.25, 0.3) is 0 Å². The molecule has 128 valence electrons. The molecule has 1 saturated heterocycles. The number of aryl methyl sites for hydroxylation is 1. The average molecular weight is 316 g/mol. The minimum Gasteiger partial charge on any atom is -0.342 e. The van der Waals surface area contributed by atoms with Gasteiger partial charge in [0.1, 0.15) is 0 Å². The minimum atomic E-state index is -0.254. The molecule has 1 unspecified atom stereocenters. The van der Waals surface area contributed by atoms with Crippen LogP contribution in [0.4, 0.5) is 0 Å². The molecule has 1 aliphatic rings. The van der Waals surface area contributed by atoms with Crippen molar-refractivity contribution in [3.63, 3.8) is 0 Å². The van der Waals surface area contributed by atoms with Gasteiger partial charge in [0, 0.05) is 18.5 Å². The fourth-order valence-corrected chi connectivity index (χ4v) is 3.62. The molecule has 1 heterocycles. The number of hydrogen-bond acceptors (Lipinski definition) is 2. The highest BCUT2D eigenvalue weighted by Crippen LogP contribution is 2.29. The summed E-state index contributed by atoms with van der Waals surface area (Å²) in [7, 11) is 1.99. The van der Waals surface area contributed by atoms with Crippen molar-refractivity contribution in [2.75, 3.05) is 26.7 Å². The maximum atomic E-state index is 12.9. The van der Waals surface area contributed by atoms with Crippen LogP contribution in [0.2, 0.25) is 0 Å². The standard InChI is InChI=1S/C20H32N2O/c1-20(2,13-7-11-17-9-5-4-6-10-17)19(23)22-14-8-12-18(16-22)15-21-3/h4-6,9-10,18,21H,7-8,11-16H2,1-3H3. The molecule has 1 N–H and O–H groups in total. The lowest BCUT2D eigenvalue weighted by molar-refractivity contribution is -0.142. The first-order valence-electron chi connectivity index (χ1n) is 9.01. The molecule has 3 heteroatoms. The Labute approximate surface area is 141 Å². The molecule has 0 radical (unpaired) electrons. The van der Waals surface area contributed by atoms with Gasteiger partial charge >= 0.3 is 0 Å². The summed E-state index contributed by atoms with van der Waals surface area (Å²) in [6.45, 7) is 7.09. The lowest BCUT2D eigenvalue weighted by Crippen LogP contribution is -2.47. The van der Waals surface area contributed by atoms with Crippen LogP contribution in [0.5, 0.6) is 0 Å². The van der Waals surface area contributed by atoms with Crippen LogP contribution in [0.1, 0.15) is 45.1 Å². The topological polar surface area (TPSA) is 32.3 Å². The lowest BCUT2D eigenvalue weighted by atomic mass is 9.84. The molecule has 3 nitrogen and oxygen atoms in total. The second-order valence-corrected chi connectivity index (χ2v) is 7.54. The van der Waals surface area contributed by atoms with Crippen LogP contribution >= 0.6 is 0 Å². The highest BCUT2D eigenvalue weighted by Gasteiger charge is 2.33. The minimum absolute atomic E-state index is 0.254. The van der Waals surface area contributed by atoms with Crippen molar-refractivity contribution < 1.29 is 4.79 Å². The van der Waals surface area contributed by atoms with E-state index in [1.807, 2.05) is 7.05 Å². The van der Waals surface area contributed by atoms with Crippen molar-refractivity contribution in [3.05, 3.63) is 35.9 Å². The van der Waals surface area contributed by atoms with Crippen LogP contribution in [0, 0.1) is 11.3 Å². The first-order chi connectivity index (χ1) is 11.0. The average Bonchev–Trinajstić information content (AvgIpc) is 2.55. The maximum Gasteiger partial charge on any atom is 0.228 e. The van der Waals surface area contributed by atoms with Gasteiger partial charge in [0.05, 0.1) is 0 Å². The molecule has 1 fully saturated rings. The van der Waals surface area contributed by atoms with Crippen molar-refractivity contribution in [3.8, 4) is 0 Å². The van der Waals surface area contributed by atoms with E-state index in [-0.39, 0.29) is 5.41 Å². The Hall–Kier alpha value is -1.35. The zero-order valence-corrected chi connectivity index (χ0v) is 15.0. The van der Waals surface area contributed by atoms with E-state index >= 15 is 0 Å². The Morgan fingerprint density at radius 3 is 2.74 bits per heavy atom. The molecule has 0 aromatic heterocycles. The number of carbonyl (C=O) groups is 1. The Kier molecular flexibility index (Phi) is 6.64. The Balaban J connectivity index is 1.84. The molecule has 1 aliphatic heterocycles. The van der Waals surface area contributed by atoms with Crippen LogP contribution in [0.25, 0.3) is 0 Å². The van der Waals surface area contributed by atoms with Gasteiger partial charge in [-0.25, -0.2) is 0 Å². The van der Waals surface area contributed by atoms with E-state index in [2.05, 4.69) is 54.4 Å². The second kappa shape index (κ2) is 8.49. The zero-order chi connectivity index (χ0) is 16.7. The Bertz CT molecular complexity index is 482. The summed E-state index contributed by atoms with van der Waals surface area (Å²) in [6.07, 6.45) is 5.45. The largest absolute Gasteiger partial charge is 0.342 e. The maximum absolute atomic E-state index is 12.9. The summed E-state index contributed by atoms with van der Waals surface area (Å²) in [5.41, 5.74) is 1.11. The van der Waals surface area contributed by atoms with Crippen LogP contribution in [-0.4, -0.2) is 37.5 Å². The lowest BCUT2D eigenvalue weighted by Gasteiger charge is -2.37. The number of benzene rings is 1. The first kappa shape index (κ1) is 18.0. The Morgan fingerprint density at radius 2 is 2.04 bits per heavy atom. The van der Waals surface area contributed by atoms with Gasteiger partial charge in [-0.3, -0.25) is 4.79 Å².